The first kappa shape index (κ1) is 20.0. The van der Waals surface area contributed by atoms with E-state index in [9.17, 15) is 18.4 Å². The fourth-order valence-electron chi connectivity index (χ4n) is 2.88. The molecule has 8 heteroatoms. The average molecular weight is 418 g/mol. The fraction of sp³-hybridized carbons (Fsp3) is 0. The van der Waals surface area contributed by atoms with E-state index in [1.165, 1.54) is 60.9 Å². The highest BCUT2D eigenvalue weighted by Crippen LogP contribution is 2.25. The molecule has 0 fully saturated rings. The van der Waals surface area contributed by atoms with E-state index in [-0.39, 0.29) is 0 Å². The van der Waals surface area contributed by atoms with Crippen molar-refractivity contribution in [3.8, 4) is 0 Å². The maximum absolute atomic E-state index is 13.1. The van der Waals surface area contributed by atoms with Crippen LogP contribution in [0.25, 0.3) is 0 Å². The number of aromatic nitrogens is 2. The Bertz CT molecular complexity index is 1240. The lowest BCUT2D eigenvalue weighted by molar-refractivity contribution is 0.0944. The molecule has 0 saturated carbocycles. The molecule has 4 aromatic rings. The molecular formula is C23H16F2N4O2. The van der Waals surface area contributed by atoms with Gasteiger partial charge in [0.25, 0.3) is 11.8 Å². The van der Waals surface area contributed by atoms with Crippen LogP contribution in [0.15, 0.2) is 85.2 Å². The van der Waals surface area contributed by atoms with Crippen LogP contribution < -0.4 is 10.6 Å². The summed E-state index contributed by atoms with van der Waals surface area (Å²) >= 11 is 0. The molecule has 0 atom stereocenters. The van der Waals surface area contributed by atoms with Crippen LogP contribution in [0.2, 0.25) is 0 Å². The summed E-state index contributed by atoms with van der Waals surface area (Å²) in [5.74, 6) is -1.66. The molecular weight excluding hydrogens is 402 g/mol. The van der Waals surface area contributed by atoms with Crippen LogP contribution in [0.4, 0.5) is 25.8 Å². The molecule has 0 aliphatic rings. The number of amides is 1. The lowest BCUT2D eigenvalue weighted by atomic mass is 10.2. The Morgan fingerprint density at radius 3 is 2.00 bits per heavy atom. The van der Waals surface area contributed by atoms with Gasteiger partial charge in [-0.3, -0.25) is 9.59 Å². The molecule has 0 radical (unpaired) electrons. The van der Waals surface area contributed by atoms with Gasteiger partial charge in [0.1, 0.15) is 11.6 Å². The van der Waals surface area contributed by atoms with E-state index >= 15 is 0 Å². The van der Waals surface area contributed by atoms with Crippen LogP contribution in [-0.4, -0.2) is 21.6 Å². The molecule has 0 aliphatic heterocycles. The highest BCUT2D eigenvalue weighted by molar-refractivity contribution is 6.06. The Labute approximate surface area is 176 Å². The van der Waals surface area contributed by atoms with Crippen molar-refractivity contribution in [2.45, 2.75) is 0 Å². The van der Waals surface area contributed by atoms with Gasteiger partial charge < -0.3 is 10.6 Å². The Morgan fingerprint density at radius 1 is 0.774 bits per heavy atom. The summed E-state index contributed by atoms with van der Waals surface area (Å²) in [6, 6.07) is 17.4. The molecule has 0 spiro atoms. The number of carbonyl (C=O) groups is 2. The van der Waals surface area contributed by atoms with Gasteiger partial charge in [-0.15, -0.1) is 0 Å². The molecule has 1 amide bonds. The van der Waals surface area contributed by atoms with Crippen molar-refractivity contribution in [1.82, 2.24) is 9.78 Å². The zero-order chi connectivity index (χ0) is 21.8. The second-order valence-corrected chi connectivity index (χ2v) is 6.62. The van der Waals surface area contributed by atoms with Crippen molar-refractivity contribution >= 4 is 28.9 Å². The van der Waals surface area contributed by atoms with E-state index in [4.69, 9.17) is 0 Å². The lowest BCUT2D eigenvalue weighted by Crippen LogP contribution is -2.13. The minimum Gasteiger partial charge on any atom is -0.351 e. The second-order valence-electron chi connectivity index (χ2n) is 6.62. The first-order valence-corrected chi connectivity index (χ1v) is 9.27. The summed E-state index contributed by atoms with van der Waals surface area (Å²) in [6.07, 6.45) is 2.95. The van der Waals surface area contributed by atoms with Crippen LogP contribution in [0.5, 0.6) is 0 Å². The summed E-state index contributed by atoms with van der Waals surface area (Å²) in [5.41, 5.74) is 2.19. The quantitative estimate of drug-likeness (QED) is 0.486. The third-order valence-corrected chi connectivity index (χ3v) is 4.44. The van der Waals surface area contributed by atoms with Gasteiger partial charge in [-0.2, -0.15) is 5.10 Å². The molecule has 31 heavy (non-hydrogen) atoms. The highest BCUT2D eigenvalue weighted by Gasteiger charge is 2.13. The van der Waals surface area contributed by atoms with Crippen LogP contribution in [0, 0.1) is 11.6 Å². The number of carbonyl (C=O) groups excluding carboxylic acids is 2. The zero-order valence-corrected chi connectivity index (χ0v) is 16.0. The molecule has 2 N–H and O–H groups in total. The molecule has 0 bridgehead atoms. The molecule has 4 rings (SSSR count). The van der Waals surface area contributed by atoms with Gasteiger partial charge >= 0.3 is 0 Å². The summed E-state index contributed by atoms with van der Waals surface area (Å²) in [7, 11) is 0. The predicted molar refractivity (Wildman–Crippen MR) is 112 cm³/mol. The Balaban J connectivity index is 1.50. The maximum Gasteiger partial charge on any atom is 0.278 e. The van der Waals surface area contributed by atoms with Crippen LogP contribution in [-0.2, 0) is 0 Å². The first-order valence-electron chi connectivity index (χ1n) is 9.27. The standard InChI is InChI=1S/C23H16F2N4O2/c24-17-9-5-15(6-10-17)22(30)28-21-4-2-1-3-20(21)27-19-13-26-29(14-19)23(31)16-7-11-18(25)12-8-16/h1-14,27H,(H,28,30). The van der Waals surface area contributed by atoms with Gasteiger partial charge in [0.15, 0.2) is 0 Å². The number of hydrogen-bond acceptors (Lipinski definition) is 4. The van der Waals surface area contributed by atoms with Crippen LogP contribution in [0.3, 0.4) is 0 Å². The van der Waals surface area contributed by atoms with E-state index in [0.29, 0.717) is 28.2 Å². The number of anilines is 3. The van der Waals surface area contributed by atoms with E-state index in [0.717, 1.165) is 4.68 Å². The minimum atomic E-state index is -0.432. The van der Waals surface area contributed by atoms with Gasteiger partial charge in [-0.25, -0.2) is 13.5 Å². The van der Waals surface area contributed by atoms with Crippen molar-refractivity contribution in [2.75, 3.05) is 10.6 Å². The van der Waals surface area contributed by atoms with Crippen molar-refractivity contribution in [1.29, 1.82) is 0 Å². The summed E-state index contributed by atoms with van der Waals surface area (Å²) in [6.45, 7) is 0. The van der Waals surface area contributed by atoms with Gasteiger partial charge in [0, 0.05) is 11.1 Å². The molecule has 6 nitrogen and oxygen atoms in total. The topological polar surface area (TPSA) is 76.0 Å². The molecule has 3 aromatic carbocycles. The van der Waals surface area contributed by atoms with Crippen molar-refractivity contribution < 1.29 is 18.4 Å². The number of para-hydroxylation sites is 2. The Morgan fingerprint density at radius 2 is 1.35 bits per heavy atom. The third-order valence-electron chi connectivity index (χ3n) is 4.44. The number of halogens is 2. The SMILES string of the molecule is O=C(Nc1ccccc1Nc1cnn(C(=O)c2ccc(F)cc2)c1)c1ccc(F)cc1. The summed E-state index contributed by atoms with van der Waals surface area (Å²) < 4.78 is 27.3. The molecule has 1 aromatic heterocycles. The van der Waals surface area contributed by atoms with Crippen LogP contribution >= 0.6 is 0 Å². The third kappa shape index (κ3) is 4.64. The summed E-state index contributed by atoms with van der Waals surface area (Å²) in [5, 5.41) is 9.92. The minimum absolute atomic E-state index is 0.294. The number of hydrogen-bond donors (Lipinski definition) is 2. The summed E-state index contributed by atoms with van der Waals surface area (Å²) in [4.78, 5) is 24.9. The predicted octanol–water partition coefficient (Wildman–Crippen LogP) is 4.85. The van der Waals surface area contributed by atoms with E-state index in [2.05, 4.69) is 15.7 Å². The smallest absolute Gasteiger partial charge is 0.278 e. The number of nitrogens with one attached hydrogen (secondary N) is 2. The molecule has 0 saturated heterocycles. The molecule has 1 heterocycles. The Kier molecular flexibility index (Phi) is 5.53. The Hall–Kier alpha value is -4.33. The molecule has 0 aliphatic carbocycles. The first-order chi connectivity index (χ1) is 15.0. The van der Waals surface area contributed by atoms with Crippen molar-refractivity contribution in [3.63, 3.8) is 0 Å². The monoisotopic (exact) mass is 418 g/mol. The van der Waals surface area contributed by atoms with E-state index < -0.39 is 23.4 Å². The van der Waals surface area contributed by atoms with E-state index in [1.807, 2.05) is 0 Å². The number of benzene rings is 3. The largest absolute Gasteiger partial charge is 0.351 e. The molecule has 0 unspecified atom stereocenters. The second kappa shape index (κ2) is 8.58. The molecule has 154 valence electrons. The van der Waals surface area contributed by atoms with Gasteiger partial charge in [-0.05, 0) is 60.7 Å². The van der Waals surface area contributed by atoms with Gasteiger partial charge in [0.2, 0.25) is 0 Å². The number of nitrogens with zero attached hydrogens (tertiary/aromatic N) is 2. The normalized spacial score (nSPS) is 10.5. The maximum atomic E-state index is 13.1. The van der Waals surface area contributed by atoms with Gasteiger partial charge in [-0.1, -0.05) is 12.1 Å². The fourth-order valence-corrected chi connectivity index (χ4v) is 2.88. The van der Waals surface area contributed by atoms with Crippen LogP contribution in [0.1, 0.15) is 20.7 Å². The zero-order valence-electron chi connectivity index (χ0n) is 16.0. The average Bonchev–Trinajstić information content (AvgIpc) is 3.24. The highest BCUT2D eigenvalue weighted by atomic mass is 19.1. The van der Waals surface area contributed by atoms with E-state index in [1.54, 1.807) is 24.3 Å². The number of rotatable bonds is 5. The lowest BCUT2D eigenvalue weighted by Gasteiger charge is -2.12. The van der Waals surface area contributed by atoms with Gasteiger partial charge in [0.05, 0.1) is 29.5 Å². The van der Waals surface area contributed by atoms with Crippen molar-refractivity contribution in [2.24, 2.45) is 0 Å². The van der Waals surface area contributed by atoms with Crippen molar-refractivity contribution in [3.05, 3.63) is 108 Å².